The number of hydrogen-bond donors (Lipinski definition) is 1. The van der Waals surface area contributed by atoms with Crippen molar-refractivity contribution in [1.82, 2.24) is 0 Å². The Bertz CT molecular complexity index is 722. The van der Waals surface area contributed by atoms with Gasteiger partial charge in [0.05, 0.1) is 4.90 Å². The molecular weight excluding hydrogens is 307 g/mol. The highest BCUT2D eigenvalue weighted by Gasteiger charge is 2.17. The summed E-state index contributed by atoms with van der Waals surface area (Å²) in [6.45, 7) is 5.63. The van der Waals surface area contributed by atoms with Crippen molar-refractivity contribution in [3.8, 4) is 5.75 Å². The van der Waals surface area contributed by atoms with E-state index in [4.69, 9.17) is 10.1 Å². The Balaban J connectivity index is 3.22. The van der Waals surface area contributed by atoms with Gasteiger partial charge < -0.3 is 4.74 Å². The average molecular weight is 326 g/mol. The average Bonchev–Trinajstić information content (AvgIpc) is 2.40. The number of nitrogens with zero attached hydrogens (tertiary/aromatic N) is 1. The first-order valence-electron chi connectivity index (χ1n) is 6.61. The molecule has 0 amide bonds. The van der Waals surface area contributed by atoms with Crippen LogP contribution in [0, 0.1) is 17.1 Å². The fourth-order valence-corrected chi connectivity index (χ4v) is 2.45. The monoisotopic (exact) mass is 326 g/mol. The van der Waals surface area contributed by atoms with Crippen molar-refractivity contribution in [2.45, 2.75) is 25.7 Å². The lowest BCUT2D eigenvalue weighted by molar-refractivity contribution is 0.484. The summed E-state index contributed by atoms with van der Waals surface area (Å²) in [6, 6.07) is 3.40. The smallest absolute Gasteiger partial charge is 0.223 e. The van der Waals surface area contributed by atoms with E-state index < -0.39 is 15.7 Å². The molecule has 0 bridgehead atoms. The molecule has 0 atom stereocenters. The molecule has 0 radical (unpaired) electrons. The van der Waals surface area contributed by atoms with Gasteiger partial charge in [0, 0.05) is 11.8 Å². The molecule has 1 rings (SSSR count). The number of sulfone groups is 1. The Hall–Kier alpha value is -2.02. The lowest BCUT2D eigenvalue weighted by Gasteiger charge is -2.15. The summed E-state index contributed by atoms with van der Waals surface area (Å²) < 4.78 is 42.2. The third-order valence-corrected chi connectivity index (χ3v) is 4.01. The molecule has 7 heteroatoms. The van der Waals surface area contributed by atoms with Crippen molar-refractivity contribution in [3.63, 3.8) is 0 Å². The van der Waals surface area contributed by atoms with E-state index in [1.807, 2.05) is 13.8 Å². The van der Waals surface area contributed by atoms with Crippen LogP contribution in [0.5, 0.6) is 5.75 Å². The maximum atomic E-state index is 14.0. The SMILES string of the molecule is C/C=C(/C(=NC=N)Oc1ccc(S(C)(=O)=O)cc1F)C(C)C. The number of allylic oxidation sites excluding steroid dienone is 1. The molecule has 0 spiro atoms. The first-order valence-corrected chi connectivity index (χ1v) is 8.50. The molecule has 120 valence electrons. The first kappa shape index (κ1) is 18.0. The summed E-state index contributed by atoms with van der Waals surface area (Å²) in [5.41, 5.74) is 0.718. The third-order valence-electron chi connectivity index (χ3n) is 2.90. The normalized spacial score (nSPS) is 13.4. The summed E-state index contributed by atoms with van der Waals surface area (Å²) >= 11 is 0. The molecule has 0 unspecified atom stereocenters. The molecule has 1 aromatic carbocycles. The number of ether oxygens (including phenoxy) is 1. The predicted octanol–water partition coefficient (Wildman–Crippen LogP) is 3.22. The lowest BCUT2D eigenvalue weighted by Crippen LogP contribution is -2.17. The topological polar surface area (TPSA) is 79.6 Å². The van der Waals surface area contributed by atoms with Crippen LogP contribution >= 0.6 is 0 Å². The summed E-state index contributed by atoms with van der Waals surface area (Å²) in [6.07, 6.45) is 3.58. The quantitative estimate of drug-likeness (QED) is 0.666. The molecule has 1 N–H and O–H groups in total. The zero-order valence-corrected chi connectivity index (χ0v) is 13.7. The molecular formula is C15H19FN2O3S. The van der Waals surface area contributed by atoms with E-state index in [-0.39, 0.29) is 22.5 Å². The van der Waals surface area contributed by atoms with E-state index in [1.54, 1.807) is 13.0 Å². The van der Waals surface area contributed by atoms with Crippen LogP contribution in [-0.4, -0.2) is 26.9 Å². The molecule has 5 nitrogen and oxygen atoms in total. The highest BCUT2D eigenvalue weighted by atomic mass is 32.2. The van der Waals surface area contributed by atoms with Crippen LogP contribution in [0.15, 0.2) is 39.7 Å². The highest BCUT2D eigenvalue weighted by Crippen LogP contribution is 2.23. The Morgan fingerprint density at radius 3 is 2.45 bits per heavy atom. The van der Waals surface area contributed by atoms with Crippen molar-refractivity contribution >= 4 is 22.1 Å². The number of benzene rings is 1. The van der Waals surface area contributed by atoms with Crippen LogP contribution in [-0.2, 0) is 9.84 Å². The van der Waals surface area contributed by atoms with Gasteiger partial charge in [-0.2, -0.15) is 0 Å². The minimum atomic E-state index is -3.49. The lowest BCUT2D eigenvalue weighted by atomic mass is 10.0. The first-order chi connectivity index (χ1) is 10.2. The van der Waals surface area contributed by atoms with E-state index in [9.17, 15) is 12.8 Å². The van der Waals surface area contributed by atoms with Crippen LogP contribution in [0.3, 0.4) is 0 Å². The van der Waals surface area contributed by atoms with Crippen LogP contribution in [0.25, 0.3) is 0 Å². The summed E-state index contributed by atoms with van der Waals surface area (Å²) in [4.78, 5) is 3.68. The van der Waals surface area contributed by atoms with Gasteiger partial charge in [-0.3, -0.25) is 5.41 Å². The van der Waals surface area contributed by atoms with Crippen molar-refractivity contribution in [3.05, 3.63) is 35.7 Å². The summed E-state index contributed by atoms with van der Waals surface area (Å²) in [5.74, 6) is -0.770. The molecule has 0 heterocycles. The molecule has 0 aliphatic carbocycles. The van der Waals surface area contributed by atoms with E-state index >= 15 is 0 Å². The van der Waals surface area contributed by atoms with Crippen LogP contribution in [0.2, 0.25) is 0 Å². The predicted molar refractivity (Wildman–Crippen MR) is 85.0 cm³/mol. The maximum absolute atomic E-state index is 14.0. The van der Waals surface area contributed by atoms with Crippen molar-refractivity contribution in [2.75, 3.05) is 6.26 Å². The van der Waals surface area contributed by atoms with E-state index in [0.29, 0.717) is 0 Å². The van der Waals surface area contributed by atoms with Gasteiger partial charge in [0.25, 0.3) is 0 Å². The van der Waals surface area contributed by atoms with E-state index in [0.717, 1.165) is 24.2 Å². The molecule has 0 saturated heterocycles. The zero-order valence-electron chi connectivity index (χ0n) is 12.9. The summed E-state index contributed by atoms with van der Waals surface area (Å²) in [7, 11) is -3.49. The minimum absolute atomic E-state index is 0.0713. The molecule has 0 aliphatic heterocycles. The Morgan fingerprint density at radius 2 is 2.05 bits per heavy atom. The third kappa shape index (κ3) is 4.49. The zero-order chi connectivity index (χ0) is 16.9. The van der Waals surface area contributed by atoms with Gasteiger partial charge in [-0.05, 0) is 31.0 Å². The van der Waals surface area contributed by atoms with E-state index in [2.05, 4.69) is 4.99 Å². The standard InChI is InChI=1S/C15H19FN2O3S/c1-5-12(10(2)3)15(18-9-17)21-14-7-6-11(8-13(14)16)22(4,19)20/h5-10,17H,1-4H3/b12-5+,17-9?,18-15?. The molecule has 0 saturated carbocycles. The van der Waals surface area contributed by atoms with Gasteiger partial charge in [-0.25, -0.2) is 17.8 Å². The highest BCUT2D eigenvalue weighted by molar-refractivity contribution is 7.90. The Kier molecular flexibility index (Phi) is 5.99. The van der Waals surface area contributed by atoms with Gasteiger partial charge in [-0.1, -0.05) is 19.9 Å². The second-order valence-corrected chi connectivity index (χ2v) is 6.94. The van der Waals surface area contributed by atoms with Gasteiger partial charge in [-0.15, -0.1) is 0 Å². The number of aliphatic imine (C=N–C) groups is 1. The number of rotatable bonds is 5. The molecule has 22 heavy (non-hydrogen) atoms. The number of hydrogen-bond acceptors (Lipinski definition) is 4. The van der Waals surface area contributed by atoms with Crippen molar-refractivity contribution < 1.29 is 17.5 Å². The molecule has 0 aliphatic rings. The van der Waals surface area contributed by atoms with Gasteiger partial charge in [0.1, 0.15) is 6.34 Å². The van der Waals surface area contributed by atoms with Crippen LogP contribution in [0.1, 0.15) is 20.8 Å². The second-order valence-electron chi connectivity index (χ2n) is 4.93. The fourth-order valence-electron chi connectivity index (χ4n) is 1.82. The minimum Gasteiger partial charge on any atom is -0.436 e. The van der Waals surface area contributed by atoms with Crippen molar-refractivity contribution in [1.29, 1.82) is 5.41 Å². The van der Waals surface area contributed by atoms with Crippen LogP contribution in [0.4, 0.5) is 4.39 Å². The number of halogens is 1. The second kappa shape index (κ2) is 7.31. The van der Waals surface area contributed by atoms with Crippen molar-refractivity contribution in [2.24, 2.45) is 10.9 Å². The Morgan fingerprint density at radius 1 is 1.41 bits per heavy atom. The molecule has 0 fully saturated rings. The fraction of sp³-hybridized carbons (Fsp3) is 0.333. The van der Waals surface area contributed by atoms with E-state index in [1.165, 1.54) is 12.1 Å². The molecule has 0 aromatic heterocycles. The summed E-state index contributed by atoms with van der Waals surface area (Å²) in [5, 5.41) is 7.09. The van der Waals surface area contributed by atoms with Gasteiger partial charge in [0.2, 0.25) is 5.90 Å². The van der Waals surface area contributed by atoms with Gasteiger partial charge >= 0.3 is 0 Å². The number of nitrogens with one attached hydrogen (secondary N) is 1. The molecule has 1 aromatic rings. The van der Waals surface area contributed by atoms with Crippen LogP contribution < -0.4 is 4.74 Å². The largest absolute Gasteiger partial charge is 0.436 e. The maximum Gasteiger partial charge on any atom is 0.223 e. The van der Waals surface area contributed by atoms with Gasteiger partial charge in [0.15, 0.2) is 21.4 Å². The Labute approximate surface area is 130 Å².